The highest BCUT2D eigenvalue weighted by Gasteiger charge is 2.34. The first-order chi connectivity index (χ1) is 20.5. The molecule has 1 aliphatic carbocycles. The van der Waals surface area contributed by atoms with Crippen LogP contribution in [0.2, 0.25) is 10.0 Å². The average Bonchev–Trinajstić information content (AvgIpc) is 3.00. The molecular formula is C32H37Cl2N3O5S. The molecule has 230 valence electrons. The fraction of sp³-hybridized carbons (Fsp3) is 0.375. The number of hydrogen-bond acceptors (Lipinski definition) is 5. The molecule has 8 nitrogen and oxygen atoms in total. The van der Waals surface area contributed by atoms with Gasteiger partial charge in [0, 0.05) is 19.0 Å². The summed E-state index contributed by atoms with van der Waals surface area (Å²) in [4.78, 5) is 29.7. The second-order valence-corrected chi connectivity index (χ2v) is 13.5. The molecule has 0 aliphatic heterocycles. The Balaban J connectivity index is 1.73. The highest BCUT2D eigenvalue weighted by molar-refractivity contribution is 7.92. The molecule has 2 amide bonds. The van der Waals surface area contributed by atoms with Gasteiger partial charge < -0.3 is 15.0 Å². The molecule has 1 fully saturated rings. The highest BCUT2D eigenvalue weighted by atomic mass is 35.5. The Morgan fingerprint density at radius 2 is 1.60 bits per heavy atom. The highest BCUT2D eigenvalue weighted by Crippen LogP contribution is 2.26. The van der Waals surface area contributed by atoms with Gasteiger partial charge in [-0.15, -0.1) is 0 Å². The number of carbonyl (C=O) groups is 2. The number of benzene rings is 3. The number of hydrogen-bond donors (Lipinski definition) is 1. The number of anilines is 1. The van der Waals surface area contributed by atoms with Gasteiger partial charge in [-0.05, 0) is 60.4 Å². The minimum Gasteiger partial charge on any atom is -0.497 e. The third-order valence-electron chi connectivity index (χ3n) is 7.60. The van der Waals surface area contributed by atoms with E-state index in [-0.39, 0.29) is 24.9 Å². The Morgan fingerprint density at radius 1 is 0.930 bits per heavy atom. The van der Waals surface area contributed by atoms with Crippen LogP contribution in [0.4, 0.5) is 5.69 Å². The maximum atomic E-state index is 14.2. The Labute approximate surface area is 264 Å². The lowest BCUT2D eigenvalue weighted by atomic mass is 9.94. The van der Waals surface area contributed by atoms with E-state index in [2.05, 4.69) is 5.32 Å². The van der Waals surface area contributed by atoms with E-state index in [1.165, 1.54) is 12.0 Å². The Kier molecular flexibility index (Phi) is 11.3. The summed E-state index contributed by atoms with van der Waals surface area (Å²) in [6, 6.07) is 20.0. The number of sulfonamides is 1. The molecule has 0 radical (unpaired) electrons. The summed E-state index contributed by atoms with van der Waals surface area (Å²) in [6.45, 7) is -0.486. The Morgan fingerprint density at radius 3 is 2.21 bits per heavy atom. The largest absolute Gasteiger partial charge is 0.497 e. The second-order valence-electron chi connectivity index (χ2n) is 10.8. The van der Waals surface area contributed by atoms with Gasteiger partial charge >= 0.3 is 0 Å². The van der Waals surface area contributed by atoms with Gasteiger partial charge in [0.1, 0.15) is 18.3 Å². The molecule has 1 atom stereocenters. The van der Waals surface area contributed by atoms with Crippen LogP contribution >= 0.6 is 23.2 Å². The molecule has 1 unspecified atom stereocenters. The molecule has 1 aliphatic rings. The standard InChI is InChI=1S/C32H37Cl2N3O5S/c1-42-27-16-14-26(15-17-27)37(43(2,40)41)22-31(38)36(21-24-13-18-28(33)29(34)19-24)30(20-23-9-5-3-6-10-23)32(39)35-25-11-7-4-8-12-25/h3,5-6,9-10,13-19,25,30H,4,7-8,11-12,20-22H2,1-2H3,(H,35,39). The van der Waals surface area contributed by atoms with Gasteiger partial charge in [0.15, 0.2) is 0 Å². The van der Waals surface area contributed by atoms with Gasteiger partial charge in [0.2, 0.25) is 21.8 Å². The van der Waals surface area contributed by atoms with E-state index in [0.29, 0.717) is 27.0 Å². The zero-order valence-electron chi connectivity index (χ0n) is 24.3. The van der Waals surface area contributed by atoms with Gasteiger partial charge in [-0.25, -0.2) is 8.42 Å². The molecule has 0 aromatic heterocycles. The van der Waals surface area contributed by atoms with Crippen molar-refractivity contribution in [3.8, 4) is 5.75 Å². The molecule has 0 saturated heterocycles. The first-order valence-electron chi connectivity index (χ1n) is 14.2. The smallest absolute Gasteiger partial charge is 0.244 e. The van der Waals surface area contributed by atoms with Gasteiger partial charge in [0.25, 0.3) is 0 Å². The number of methoxy groups -OCH3 is 1. The number of rotatable bonds is 12. The van der Waals surface area contributed by atoms with Crippen molar-refractivity contribution in [2.45, 2.75) is 57.2 Å². The summed E-state index contributed by atoms with van der Waals surface area (Å²) >= 11 is 12.5. The molecule has 1 N–H and O–H groups in total. The molecule has 4 rings (SSSR count). The number of nitrogens with one attached hydrogen (secondary N) is 1. The van der Waals surface area contributed by atoms with Crippen molar-refractivity contribution < 1.29 is 22.7 Å². The van der Waals surface area contributed by atoms with Crippen molar-refractivity contribution >= 4 is 50.7 Å². The topological polar surface area (TPSA) is 96.0 Å². The van der Waals surface area contributed by atoms with Crippen molar-refractivity contribution in [3.63, 3.8) is 0 Å². The van der Waals surface area contributed by atoms with Gasteiger partial charge in [-0.1, -0.05) is 78.9 Å². The molecule has 0 spiro atoms. The van der Waals surface area contributed by atoms with Crippen LogP contribution in [0, 0.1) is 0 Å². The van der Waals surface area contributed by atoms with Crippen molar-refractivity contribution in [1.29, 1.82) is 0 Å². The van der Waals surface area contributed by atoms with Crippen LogP contribution in [-0.4, -0.2) is 57.1 Å². The predicted octanol–water partition coefficient (Wildman–Crippen LogP) is 5.86. The minimum atomic E-state index is -3.87. The molecule has 11 heteroatoms. The third-order valence-corrected chi connectivity index (χ3v) is 9.48. The minimum absolute atomic E-state index is 0.0194. The van der Waals surface area contributed by atoms with Crippen molar-refractivity contribution in [1.82, 2.24) is 10.2 Å². The molecular weight excluding hydrogens is 609 g/mol. The quantitative estimate of drug-likeness (QED) is 0.266. The lowest BCUT2D eigenvalue weighted by molar-refractivity contribution is -0.140. The maximum Gasteiger partial charge on any atom is 0.244 e. The van der Waals surface area contributed by atoms with E-state index in [1.807, 2.05) is 30.3 Å². The molecule has 0 bridgehead atoms. The number of halogens is 2. The fourth-order valence-electron chi connectivity index (χ4n) is 5.30. The van der Waals surface area contributed by atoms with Gasteiger partial charge in [0.05, 0.1) is 29.1 Å². The molecule has 3 aromatic carbocycles. The van der Waals surface area contributed by atoms with Crippen LogP contribution < -0.4 is 14.4 Å². The van der Waals surface area contributed by atoms with Crippen LogP contribution in [0.15, 0.2) is 72.8 Å². The monoisotopic (exact) mass is 645 g/mol. The average molecular weight is 647 g/mol. The van der Waals surface area contributed by atoms with Crippen LogP contribution in [0.3, 0.4) is 0 Å². The van der Waals surface area contributed by atoms with Crippen molar-refractivity contribution in [2.75, 3.05) is 24.2 Å². The second kappa shape index (κ2) is 14.9. The summed E-state index contributed by atoms with van der Waals surface area (Å²) < 4.78 is 32.2. The first-order valence-corrected chi connectivity index (χ1v) is 16.8. The number of ether oxygens (including phenoxy) is 1. The van der Waals surface area contributed by atoms with Crippen molar-refractivity contribution in [3.05, 3.63) is 94.0 Å². The van der Waals surface area contributed by atoms with Crippen LogP contribution in [0.5, 0.6) is 5.75 Å². The van der Waals surface area contributed by atoms with E-state index in [9.17, 15) is 18.0 Å². The SMILES string of the molecule is COc1ccc(N(CC(=O)N(Cc2ccc(Cl)c(Cl)c2)C(Cc2ccccc2)C(=O)NC2CCCCC2)S(C)(=O)=O)cc1. The van der Waals surface area contributed by atoms with Crippen LogP contribution in [-0.2, 0) is 32.6 Å². The maximum absolute atomic E-state index is 14.2. The summed E-state index contributed by atoms with van der Waals surface area (Å²) in [7, 11) is -2.36. The molecule has 0 heterocycles. The number of carbonyl (C=O) groups excluding carboxylic acids is 2. The van der Waals surface area contributed by atoms with Crippen LogP contribution in [0.25, 0.3) is 0 Å². The van der Waals surface area contributed by atoms with Crippen LogP contribution in [0.1, 0.15) is 43.2 Å². The van der Waals surface area contributed by atoms with Crippen molar-refractivity contribution in [2.24, 2.45) is 0 Å². The van der Waals surface area contributed by atoms with E-state index in [4.69, 9.17) is 27.9 Å². The Bertz CT molecular complexity index is 1500. The summed E-state index contributed by atoms with van der Waals surface area (Å²) in [5.41, 5.74) is 1.83. The summed E-state index contributed by atoms with van der Waals surface area (Å²) in [6.07, 6.45) is 6.25. The fourth-order valence-corrected chi connectivity index (χ4v) is 6.47. The van der Waals surface area contributed by atoms with Gasteiger partial charge in [-0.2, -0.15) is 0 Å². The zero-order valence-corrected chi connectivity index (χ0v) is 26.7. The van der Waals surface area contributed by atoms with E-state index < -0.39 is 28.5 Å². The molecule has 43 heavy (non-hydrogen) atoms. The predicted molar refractivity (Wildman–Crippen MR) is 171 cm³/mol. The molecule has 3 aromatic rings. The number of nitrogens with zero attached hydrogens (tertiary/aromatic N) is 2. The lowest BCUT2D eigenvalue weighted by Gasteiger charge is -2.35. The normalized spacial score (nSPS) is 14.5. The third kappa shape index (κ3) is 9.11. The van der Waals surface area contributed by atoms with E-state index in [1.54, 1.807) is 42.5 Å². The van der Waals surface area contributed by atoms with E-state index in [0.717, 1.165) is 48.2 Å². The summed E-state index contributed by atoms with van der Waals surface area (Å²) in [5.74, 6) is -0.265. The first kappa shape index (κ1) is 32.6. The zero-order chi connectivity index (χ0) is 31.0. The van der Waals surface area contributed by atoms with E-state index >= 15 is 0 Å². The Hall–Kier alpha value is -3.27. The number of amides is 2. The lowest BCUT2D eigenvalue weighted by Crippen LogP contribution is -2.55. The summed E-state index contributed by atoms with van der Waals surface area (Å²) in [5, 5.41) is 3.86. The van der Waals surface area contributed by atoms with Gasteiger partial charge in [-0.3, -0.25) is 13.9 Å². The molecule has 1 saturated carbocycles.